The molecule has 2 aromatic rings. The molecule has 6 nitrogen and oxygen atoms in total. The average Bonchev–Trinajstić information content (AvgIpc) is 2.81. The van der Waals surface area contributed by atoms with Gasteiger partial charge in [-0.1, -0.05) is 12.1 Å². The molecule has 1 aromatic carbocycles. The lowest BCUT2D eigenvalue weighted by atomic mass is 10.1. The van der Waals surface area contributed by atoms with Gasteiger partial charge in [-0.05, 0) is 52.1 Å². The average molecular weight is 333 g/mol. The standard InChI is InChI=1S/C17H24FN5O/c1-12-20-13(2)23(21-12)10-6-9-19-17(24)16(22(3)4)14-7-5-8-15(18)11-14/h5,7-8,11,16H,6,9-10H2,1-4H3,(H,19,24)/t16-/m1/s1. The maximum atomic E-state index is 13.4. The van der Waals surface area contributed by atoms with Crippen molar-refractivity contribution in [3.05, 3.63) is 47.3 Å². The van der Waals surface area contributed by atoms with Gasteiger partial charge in [0.2, 0.25) is 5.91 Å². The molecule has 1 N–H and O–H groups in total. The van der Waals surface area contributed by atoms with Crippen LogP contribution in [0.5, 0.6) is 0 Å². The second-order valence-electron chi connectivity index (χ2n) is 6.00. The van der Waals surface area contributed by atoms with Gasteiger partial charge in [0, 0.05) is 13.1 Å². The lowest BCUT2D eigenvalue weighted by Gasteiger charge is -2.24. The van der Waals surface area contributed by atoms with E-state index >= 15 is 0 Å². The molecule has 1 aromatic heterocycles. The Balaban J connectivity index is 1.90. The van der Waals surface area contributed by atoms with E-state index in [1.165, 1.54) is 12.1 Å². The quantitative estimate of drug-likeness (QED) is 0.786. The Labute approximate surface area is 141 Å². The maximum Gasteiger partial charge on any atom is 0.241 e. The molecule has 1 amide bonds. The van der Waals surface area contributed by atoms with E-state index in [2.05, 4.69) is 15.4 Å². The summed E-state index contributed by atoms with van der Waals surface area (Å²) in [6.45, 7) is 4.98. The number of aromatic nitrogens is 3. The molecule has 7 heteroatoms. The van der Waals surface area contributed by atoms with Crippen molar-refractivity contribution >= 4 is 5.91 Å². The molecule has 0 aliphatic heterocycles. The maximum absolute atomic E-state index is 13.4. The van der Waals surface area contributed by atoms with Crippen LogP contribution in [-0.2, 0) is 11.3 Å². The zero-order valence-electron chi connectivity index (χ0n) is 14.6. The fourth-order valence-electron chi connectivity index (χ4n) is 2.67. The van der Waals surface area contributed by atoms with Crippen LogP contribution in [0, 0.1) is 19.7 Å². The SMILES string of the molecule is Cc1nc(C)n(CCCNC(=O)[C@@H](c2cccc(F)c2)N(C)C)n1. The molecular weight excluding hydrogens is 309 g/mol. The Kier molecular flexibility index (Phi) is 6.03. The monoisotopic (exact) mass is 333 g/mol. The molecule has 2 rings (SSSR count). The topological polar surface area (TPSA) is 63.1 Å². The third-order valence-electron chi connectivity index (χ3n) is 3.74. The molecule has 130 valence electrons. The van der Waals surface area contributed by atoms with E-state index < -0.39 is 6.04 Å². The second kappa shape index (κ2) is 8.01. The van der Waals surface area contributed by atoms with Crippen molar-refractivity contribution in [3.8, 4) is 0 Å². The molecule has 0 aliphatic carbocycles. The minimum Gasteiger partial charge on any atom is -0.354 e. The first-order valence-corrected chi connectivity index (χ1v) is 7.96. The molecule has 1 heterocycles. The number of hydrogen-bond donors (Lipinski definition) is 1. The summed E-state index contributed by atoms with van der Waals surface area (Å²) in [5.41, 5.74) is 0.639. The molecule has 24 heavy (non-hydrogen) atoms. The summed E-state index contributed by atoms with van der Waals surface area (Å²) in [6.07, 6.45) is 0.749. The summed E-state index contributed by atoms with van der Waals surface area (Å²) in [7, 11) is 3.60. The van der Waals surface area contributed by atoms with Gasteiger partial charge in [-0.25, -0.2) is 9.37 Å². The number of benzene rings is 1. The Hall–Kier alpha value is -2.28. The van der Waals surface area contributed by atoms with Crippen LogP contribution in [0.4, 0.5) is 4.39 Å². The lowest BCUT2D eigenvalue weighted by Crippen LogP contribution is -2.37. The van der Waals surface area contributed by atoms with E-state index in [-0.39, 0.29) is 11.7 Å². The molecule has 0 saturated heterocycles. The largest absolute Gasteiger partial charge is 0.354 e. The number of amides is 1. The number of hydrogen-bond acceptors (Lipinski definition) is 4. The predicted molar refractivity (Wildman–Crippen MR) is 90.0 cm³/mol. The first-order valence-electron chi connectivity index (χ1n) is 7.96. The summed E-state index contributed by atoms with van der Waals surface area (Å²) in [5.74, 6) is 1.13. The Morgan fingerprint density at radius 2 is 2.12 bits per heavy atom. The van der Waals surface area contributed by atoms with Crippen LogP contribution in [0.15, 0.2) is 24.3 Å². The van der Waals surface area contributed by atoms with Gasteiger partial charge < -0.3 is 5.32 Å². The first kappa shape index (κ1) is 18.1. The summed E-state index contributed by atoms with van der Waals surface area (Å²) in [6, 6.07) is 5.62. The van der Waals surface area contributed by atoms with Crippen LogP contribution in [0.2, 0.25) is 0 Å². The smallest absolute Gasteiger partial charge is 0.241 e. The van der Waals surface area contributed by atoms with Crippen molar-refractivity contribution in [2.45, 2.75) is 32.9 Å². The number of nitrogens with zero attached hydrogens (tertiary/aromatic N) is 4. The fourth-order valence-corrected chi connectivity index (χ4v) is 2.67. The van der Waals surface area contributed by atoms with E-state index in [0.717, 1.165) is 18.1 Å². The summed E-state index contributed by atoms with van der Waals surface area (Å²) < 4.78 is 15.3. The minimum atomic E-state index is -0.518. The van der Waals surface area contributed by atoms with Gasteiger partial charge in [0.05, 0.1) is 0 Å². The zero-order chi connectivity index (χ0) is 17.7. The number of nitrogens with one attached hydrogen (secondary N) is 1. The normalized spacial score (nSPS) is 12.4. The molecule has 0 spiro atoms. The summed E-state index contributed by atoms with van der Waals surface area (Å²) in [4.78, 5) is 18.5. The Morgan fingerprint density at radius 3 is 2.71 bits per heavy atom. The Morgan fingerprint density at radius 1 is 1.38 bits per heavy atom. The molecule has 0 fully saturated rings. The van der Waals surface area contributed by atoms with Crippen LogP contribution in [0.3, 0.4) is 0 Å². The van der Waals surface area contributed by atoms with E-state index in [9.17, 15) is 9.18 Å². The van der Waals surface area contributed by atoms with Crippen LogP contribution < -0.4 is 5.32 Å². The van der Waals surface area contributed by atoms with Crippen LogP contribution >= 0.6 is 0 Å². The van der Waals surface area contributed by atoms with Gasteiger partial charge >= 0.3 is 0 Å². The number of likely N-dealkylation sites (N-methyl/N-ethyl adjacent to an activating group) is 1. The van der Waals surface area contributed by atoms with Crippen LogP contribution in [-0.4, -0.2) is 46.2 Å². The van der Waals surface area contributed by atoms with E-state index in [1.807, 2.05) is 18.5 Å². The molecule has 0 unspecified atom stereocenters. The van der Waals surface area contributed by atoms with E-state index in [1.54, 1.807) is 31.1 Å². The van der Waals surface area contributed by atoms with Gasteiger partial charge in [0.25, 0.3) is 0 Å². The Bertz CT molecular complexity index is 698. The second-order valence-corrected chi connectivity index (χ2v) is 6.00. The molecule has 1 atom stereocenters. The molecule has 0 aliphatic rings. The fraction of sp³-hybridized carbons (Fsp3) is 0.471. The highest BCUT2D eigenvalue weighted by atomic mass is 19.1. The molecule has 0 bridgehead atoms. The van der Waals surface area contributed by atoms with Crippen molar-refractivity contribution in [1.29, 1.82) is 0 Å². The number of carbonyl (C=O) groups is 1. The summed E-state index contributed by atoms with van der Waals surface area (Å²) in [5, 5.41) is 7.20. The van der Waals surface area contributed by atoms with Crippen molar-refractivity contribution in [2.24, 2.45) is 0 Å². The zero-order valence-corrected chi connectivity index (χ0v) is 14.6. The number of aryl methyl sites for hydroxylation is 3. The summed E-state index contributed by atoms with van der Waals surface area (Å²) >= 11 is 0. The van der Waals surface area contributed by atoms with Crippen LogP contribution in [0.1, 0.15) is 29.7 Å². The molecule has 0 radical (unpaired) electrons. The van der Waals surface area contributed by atoms with Gasteiger partial charge in [0.1, 0.15) is 23.5 Å². The highest BCUT2D eigenvalue weighted by molar-refractivity contribution is 5.83. The predicted octanol–water partition coefficient (Wildman–Crippen LogP) is 1.84. The highest BCUT2D eigenvalue weighted by Crippen LogP contribution is 2.19. The molecule has 0 saturated carbocycles. The number of halogens is 1. The van der Waals surface area contributed by atoms with Gasteiger partial charge in [-0.2, -0.15) is 5.10 Å². The van der Waals surface area contributed by atoms with E-state index in [0.29, 0.717) is 18.7 Å². The van der Waals surface area contributed by atoms with Gasteiger partial charge in [-0.15, -0.1) is 0 Å². The minimum absolute atomic E-state index is 0.142. The highest BCUT2D eigenvalue weighted by Gasteiger charge is 2.22. The van der Waals surface area contributed by atoms with Crippen molar-refractivity contribution in [2.75, 3.05) is 20.6 Å². The van der Waals surface area contributed by atoms with E-state index in [4.69, 9.17) is 0 Å². The third kappa shape index (κ3) is 4.61. The van der Waals surface area contributed by atoms with Crippen molar-refractivity contribution in [1.82, 2.24) is 25.0 Å². The first-order chi connectivity index (χ1) is 11.4. The third-order valence-corrected chi connectivity index (χ3v) is 3.74. The van der Waals surface area contributed by atoms with Gasteiger partial charge in [-0.3, -0.25) is 14.4 Å². The molecular formula is C17H24FN5O. The lowest BCUT2D eigenvalue weighted by molar-refractivity contribution is -0.125. The van der Waals surface area contributed by atoms with Gasteiger partial charge in [0.15, 0.2) is 0 Å². The number of rotatable bonds is 7. The van der Waals surface area contributed by atoms with Crippen LogP contribution in [0.25, 0.3) is 0 Å². The van der Waals surface area contributed by atoms with Crippen molar-refractivity contribution in [3.63, 3.8) is 0 Å². The number of carbonyl (C=O) groups excluding carboxylic acids is 1. The van der Waals surface area contributed by atoms with Crippen molar-refractivity contribution < 1.29 is 9.18 Å².